The molecular formula is C10H16O. The standard InChI is InChI=1S/C10H16O/c1-3-8(2)9-5-4-6-10(11)7-9/h3,8-9H,1,4-7H2,2H3/t8?,9-/m1/s1. The van der Waals surface area contributed by atoms with Gasteiger partial charge in [0.25, 0.3) is 0 Å². The maximum absolute atomic E-state index is 11.1. The van der Waals surface area contributed by atoms with Crippen molar-refractivity contribution in [3.63, 3.8) is 0 Å². The Kier molecular flexibility index (Phi) is 2.86. The molecule has 0 aliphatic heterocycles. The van der Waals surface area contributed by atoms with Crippen molar-refractivity contribution in [2.75, 3.05) is 0 Å². The zero-order valence-electron chi connectivity index (χ0n) is 7.18. The van der Waals surface area contributed by atoms with Gasteiger partial charge in [0, 0.05) is 12.8 Å². The fourth-order valence-corrected chi connectivity index (χ4v) is 1.70. The summed E-state index contributed by atoms with van der Waals surface area (Å²) >= 11 is 0. The van der Waals surface area contributed by atoms with E-state index in [1.54, 1.807) is 0 Å². The summed E-state index contributed by atoms with van der Waals surface area (Å²) in [6.45, 7) is 5.90. The van der Waals surface area contributed by atoms with Gasteiger partial charge in [-0.25, -0.2) is 0 Å². The van der Waals surface area contributed by atoms with Crippen LogP contribution in [0, 0.1) is 11.8 Å². The zero-order chi connectivity index (χ0) is 8.27. The van der Waals surface area contributed by atoms with Gasteiger partial charge in [0.05, 0.1) is 0 Å². The first-order valence-corrected chi connectivity index (χ1v) is 4.38. The van der Waals surface area contributed by atoms with Crippen molar-refractivity contribution in [2.24, 2.45) is 11.8 Å². The fraction of sp³-hybridized carbons (Fsp3) is 0.700. The van der Waals surface area contributed by atoms with Gasteiger partial charge in [0.2, 0.25) is 0 Å². The number of Topliss-reactive ketones (excluding diaryl/α,β-unsaturated/α-hetero) is 1. The quantitative estimate of drug-likeness (QED) is 0.556. The van der Waals surface area contributed by atoms with Gasteiger partial charge in [-0.2, -0.15) is 0 Å². The summed E-state index contributed by atoms with van der Waals surface area (Å²) in [7, 11) is 0. The summed E-state index contributed by atoms with van der Waals surface area (Å²) in [5, 5.41) is 0. The molecule has 11 heavy (non-hydrogen) atoms. The van der Waals surface area contributed by atoms with E-state index in [1.165, 1.54) is 6.42 Å². The minimum Gasteiger partial charge on any atom is -0.300 e. The lowest BCUT2D eigenvalue weighted by Crippen LogP contribution is -2.19. The molecule has 1 aliphatic carbocycles. The van der Waals surface area contributed by atoms with Crippen LogP contribution in [0.5, 0.6) is 0 Å². The molecule has 0 radical (unpaired) electrons. The SMILES string of the molecule is C=CC(C)[C@@H]1CCCC(=O)C1. The van der Waals surface area contributed by atoms with Gasteiger partial charge >= 0.3 is 0 Å². The Balaban J connectivity index is 2.45. The highest BCUT2D eigenvalue weighted by Crippen LogP contribution is 2.28. The smallest absolute Gasteiger partial charge is 0.133 e. The third-order valence-corrected chi connectivity index (χ3v) is 2.64. The molecule has 1 fully saturated rings. The summed E-state index contributed by atoms with van der Waals surface area (Å²) in [4.78, 5) is 11.1. The molecule has 0 amide bonds. The van der Waals surface area contributed by atoms with Crippen LogP contribution in [0.2, 0.25) is 0 Å². The maximum atomic E-state index is 11.1. The Labute approximate surface area is 68.5 Å². The van der Waals surface area contributed by atoms with E-state index in [2.05, 4.69) is 13.5 Å². The van der Waals surface area contributed by atoms with E-state index < -0.39 is 0 Å². The minimum atomic E-state index is 0.440. The van der Waals surface area contributed by atoms with Crippen molar-refractivity contribution in [1.82, 2.24) is 0 Å². The average Bonchev–Trinajstić information content (AvgIpc) is 2.03. The maximum Gasteiger partial charge on any atom is 0.133 e. The van der Waals surface area contributed by atoms with Gasteiger partial charge in [-0.05, 0) is 24.7 Å². The monoisotopic (exact) mass is 152 g/mol. The molecule has 0 aromatic heterocycles. The number of hydrogen-bond acceptors (Lipinski definition) is 1. The van der Waals surface area contributed by atoms with Crippen molar-refractivity contribution in [2.45, 2.75) is 32.6 Å². The van der Waals surface area contributed by atoms with Crippen LogP contribution in [-0.2, 0) is 4.79 Å². The second-order valence-electron chi connectivity index (χ2n) is 3.49. The Morgan fingerprint density at radius 3 is 3.00 bits per heavy atom. The van der Waals surface area contributed by atoms with Crippen molar-refractivity contribution >= 4 is 5.78 Å². The van der Waals surface area contributed by atoms with E-state index >= 15 is 0 Å². The van der Waals surface area contributed by atoms with Crippen LogP contribution in [0.1, 0.15) is 32.6 Å². The largest absolute Gasteiger partial charge is 0.300 e. The lowest BCUT2D eigenvalue weighted by atomic mass is 9.80. The molecule has 0 heterocycles. The summed E-state index contributed by atoms with van der Waals surface area (Å²) in [5.74, 6) is 1.53. The Bertz CT molecular complexity index is 160. The van der Waals surface area contributed by atoms with Crippen molar-refractivity contribution in [3.8, 4) is 0 Å². The van der Waals surface area contributed by atoms with E-state index in [0.717, 1.165) is 19.3 Å². The van der Waals surface area contributed by atoms with Crippen LogP contribution in [0.3, 0.4) is 0 Å². The molecular weight excluding hydrogens is 136 g/mol. The third-order valence-electron chi connectivity index (χ3n) is 2.64. The Morgan fingerprint density at radius 2 is 2.45 bits per heavy atom. The van der Waals surface area contributed by atoms with E-state index in [4.69, 9.17) is 0 Å². The molecule has 1 heteroatoms. The first-order chi connectivity index (χ1) is 5.24. The number of allylic oxidation sites excluding steroid dienone is 1. The molecule has 1 nitrogen and oxygen atoms in total. The van der Waals surface area contributed by atoms with E-state index in [-0.39, 0.29) is 0 Å². The highest BCUT2D eigenvalue weighted by molar-refractivity contribution is 5.79. The Hall–Kier alpha value is -0.590. The van der Waals surface area contributed by atoms with Crippen molar-refractivity contribution in [1.29, 1.82) is 0 Å². The van der Waals surface area contributed by atoms with Gasteiger partial charge < -0.3 is 0 Å². The topological polar surface area (TPSA) is 17.1 Å². The lowest BCUT2D eigenvalue weighted by Gasteiger charge is -2.24. The molecule has 1 unspecified atom stereocenters. The summed E-state index contributed by atoms with van der Waals surface area (Å²) in [5.41, 5.74) is 0. The molecule has 0 bridgehead atoms. The molecule has 1 saturated carbocycles. The molecule has 0 N–H and O–H groups in total. The minimum absolute atomic E-state index is 0.440. The number of ketones is 1. The highest BCUT2D eigenvalue weighted by atomic mass is 16.1. The van der Waals surface area contributed by atoms with E-state index in [0.29, 0.717) is 17.6 Å². The zero-order valence-corrected chi connectivity index (χ0v) is 7.18. The Morgan fingerprint density at radius 1 is 1.73 bits per heavy atom. The molecule has 0 aromatic rings. The lowest BCUT2D eigenvalue weighted by molar-refractivity contribution is -0.121. The molecule has 2 atom stereocenters. The molecule has 62 valence electrons. The summed E-state index contributed by atoms with van der Waals surface area (Å²) in [6.07, 6.45) is 5.84. The van der Waals surface area contributed by atoms with Gasteiger partial charge in [0.1, 0.15) is 5.78 Å². The first kappa shape index (κ1) is 8.51. The molecule has 0 aromatic carbocycles. The second-order valence-corrected chi connectivity index (χ2v) is 3.49. The summed E-state index contributed by atoms with van der Waals surface area (Å²) < 4.78 is 0. The number of carbonyl (C=O) groups is 1. The molecule has 0 saturated heterocycles. The predicted octanol–water partition coefficient (Wildman–Crippen LogP) is 2.57. The number of rotatable bonds is 2. The first-order valence-electron chi connectivity index (χ1n) is 4.38. The van der Waals surface area contributed by atoms with Gasteiger partial charge in [-0.1, -0.05) is 13.0 Å². The van der Waals surface area contributed by atoms with Crippen molar-refractivity contribution < 1.29 is 4.79 Å². The molecule has 1 aliphatic rings. The van der Waals surface area contributed by atoms with Crippen LogP contribution in [0.4, 0.5) is 0 Å². The number of carbonyl (C=O) groups excluding carboxylic acids is 1. The number of hydrogen-bond donors (Lipinski definition) is 0. The van der Waals surface area contributed by atoms with Crippen molar-refractivity contribution in [3.05, 3.63) is 12.7 Å². The van der Waals surface area contributed by atoms with Gasteiger partial charge in [0.15, 0.2) is 0 Å². The molecule has 0 spiro atoms. The van der Waals surface area contributed by atoms with E-state index in [1.807, 2.05) is 6.08 Å². The second kappa shape index (κ2) is 3.70. The van der Waals surface area contributed by atoms with Crippen LogP contribution in [-0.4, -0.2) is 5.78 Å². The third kappa shape index (κ3) is 2.18. The van der Waals surface area contributed by atoms with Crippen LogP contribution in [0.25, 0.3) is 0 Å². The fourth-order valence-electron chi connectivity index (χ4n) is 1.70. The van der Waals surface area contributed by atoms with E-state index in [9.17, 15) is 4.79 Å². The molecule has 1 rings (SSSR count). The van der Waals surface area contributed by atoms with Gasteiger partial charge in [-0.15, -0.1) is 6.58 Å². The van der Waals surface area contributed by atoms with Crippen LogP contribution < -0.4 is 0 Å². The average molecular weight is 152 g/mol. The normalized spacial score (nSPS) is 28.1. The van der Waals surface area contributed by atoms with Crippen LogP contribution in [0.15, 0.2) is 12.7 Å². The predicted molar refractivity (Wildman–Crippen MR) is 46.3 cm³/mol. The highest BCUT2D eigenvalue weighted by Gasteiger charge is 2.22. The van der Waals surface area contributed by atoms with Gasteiger partial charge in [-0.3, -0.25) is 4.79 Å². The summed E-state index contributed by atoms with van der Waals surface area (Å²) in [6, 6.07) is 0. The van der Waals surface area contributed by atoms with Crippen LogP contribution >= 0.6 is 0 Å².